The Kier molecular flexibility index (Phi) is 10.5. The molecule has 0 aliphatic heterocycles. The third kappa shape index (κ3) is 7.86. The number of aromatic nitrogens is 1. The fourth-order valence-electron chi connectivity index (χ4n) is 10.4. The zero-order valence-corrected chi connectivity index (χ0v) is 39.0. The maximum absolute atomic E-state index is 2.42. The number of para-hydroxylation sites is 2. The molecule has 0 spiro atoms. The second kappa shape index (κ2) is 17.9. The molecule has 0 fully saturated rings. The van der Waals surface area contributed by atoms with Crippen molar-refractivity contribution in [3.05, 3.63) is 285 Å². The van der Waals surface area contributed by atoms with E-state index in [9.17, 15) is 0 Å². The Morgan fingerprint density at radius 2 is 0.620 bits per heavy atom. The minimum atomic E-state index is 1.04. The van der Waals surface area contributed by atoms with Crippen LogP contribution in [0, 0.1) is 0 Å². The lowest BCUT2D eigenvalue weighted by Crippen LogP contribution is -2.14. The summed E-state index contributed by atoms with van der Waals surface area (Å²) < 4.78 is 2.41. The predicted octanol–water partition coefficient (Wildman–Crippen LogP) is 19.0. The molecule has 0 radical (unpaired) electrons. The summed E-state index contributed by atoms with van der Waals surface area (Å²) in [6, 6.07) is 104. The first-order chi connectivity index (χ1) is 35.2. The molecule has 334 valence electrons. The van der Waals surface area contributed by atoms with Gasteiger partial charge in [0.25, 0.3) is 0 Å². The second-order valence-corrected chi connectivity index (χ2v) is 18.2. The minimum Gasteiger partial charge on any atom is -0.310 e. The van der Waals surface area contributed by atoms with Crippen molar-refractivity contribution in [3.8, 4) is 39.1 Å². The van der Waals surface area contributed by atoms with E-state index < -0.39 is 0 Å². The zero-order chi connectivity index (χ0) is 47.1. The highest BCUT2D eigenvalue weighted by atomic mass is 15.2. The van der Waals surface area contributed by atoms with Gasteiger partial charge in [-0.3, -0.25) is 0 Å². The van der Waals surface area contributed by atoms with Gasteiger partial charge in [0.1, 0.15) is 0 Å². The molecule has 0 atom stereocenters. The molecule has 1 heterocycles. The van der Waals surface area contributed by atoms with Crippen molar-refractivity contribution in [2.24, 2.45) is 0 Å². The van der Waals surface area contributed by atoms with E-state index in [2.05, 4.69) is 299 Å². The predicted molar refractivity (Wildman–Crippen MR) is 301 cm³/mol. The van der Waals surface area contributed by atoms with E-state index in [1.807, 2.05) is 0 Å². The van der Waals surface area contributed by atoms with Crippen LogP contribution in [0.4, 0.5) is 34.1 Å². The molecule has 71 heavy (non-hydrogen) atoms. The third-order valence-corrected chi connectivity index (χ3v) is 13.9. The highest BCUT2D eigenvalue weighted by Crippen LogP contribution is 2.46. The Balaban J connectivity index is 1.07. The molecule has 0 saturated carbocycles. The average molecular weight is 906 g/mol. The number of hydrogen-bond donors (Lipinski definition) is 0. The highest BCUT2D eigenvalue weighted by Gasteiger charge is 2.22. The molecule has 0 unspecified atom stereocenters. The molecule has 0 amide bonds. The summed E-state index contributed by atoms with van der Waals surface area (Å²) in [5.41, 5.74) is 16.8. The van der Waals surface area contributed by atoms with E-state index in [0.29, 0.717) is 0 Å². The van der Waals surface area contributed by atoms with Crippen LogP contribution in [-0.4, -0.2) is 4.57 Å². The molecule has 3 heteroatoms. The normalized spacial score (nSPS) is 11.4. The van der Waals surface area contributed by atoms with Gasteiger partial charge in [0.2, 0.25) is 0 Å². The van der Waals surface area contributed by atoms with Crippen molar-refractivity contribution in [3.63, 3.8) is 0 Å². The van der Waals surface area contributed by atoms with Crippen LogP contribution in [-0.2, 0) is 0 Å². The first-order valence-electron chi connectivity index (χ1n) is 24.3. The lowest BCUT2D eigenvalue weighted by molar-refractivity contribution is 1.18. The molecule has 0 bridgehead atoms. The maximum atomic E-state index is 2.42. The summed E-state index contributed by atoms with van der Waals surface area (Å²) in [5.74, 6) is 0. The highest BCUT2D eigenvalue weighted by molar-refractivity contribution is 6.10. The number of rotatable bonds is 10. The molecule has 12 aromatic carbocycles. The van der Waals surface area contributed by atoms with Gasteiger partial charge in [-0.15, -0.1) is 0 Å². The molecule has 0 aliphatic rings. The van der Waals surface area contributed by atoms with Crippen molar-refractivity contribution in [1.82, 2.24) is 4.57 Å². The van der Waals surface area contributed by atoms with Gasteiger partial charge in [0, 0.05) is 50.6 Å². The Bertz CT molecular complexity index is 3840. The van der Waals surface area contributed by atoms with E-state index >= 15 is 0 Å². The van der Waals surface area contributed by atoms with E-state index in [4.69, 9.17) is 0 Å². The van der Waals surface area contributed by atoms with E-state index in [-0.39, 0.29) is 0 Å². The minimum absolute atomic E-state index is 1.04. The quantitative estimate of drug-likeness (QED) is 0.135. The Labute approximate surface area is 414 Å². The van der Waals surface area contributed by atoms with Crippen LogP contribution in [0.5, 0.6) is 0 Å². The SMILES string of the molecule is c1ccc(-c2ccc(N(c3cc(-c4ccc5c6ccccc6n(-c6ccccc6)c5c4)cc(N(c4ccc(-c5ccccc5)cc4)c4ccc5ccccc5c4)c3)c3ccc4ccccc4c3)cc2)cc1. The first kappa shape index (κ1) is 41.7. The van der Waals surface area contributed by atoms with Crippen LogP contribution in [0.1, 0.15) is 0 Å². The molecule has 1 aromatic heterocycles. The fourth-order valence-corrected chi connectivity index (χ4v) is 10.4. The van der Waals surface area contributed by atoms with Gasteiger partial charge in [-0.05, 0) is 146 Å². The summed E-state index contributed by atoms with van der Waals surface area (Å²) in [6.07, 6.45) is 0. The van der Waals surface area contributed by atoms with E-state index in [1.165, 1.54) is 60.1 Å². The second-order valence-electron chi connectivity index (χ2n) is 18.2. The molecule has 0 saturated heterocycles. The maximum Gasteiger partial charge on any atom is 0.0547 e. The Morgan fingerprint density at radius 1 is 0.211 bits per heavy atom. The van der Waals surface area contributed by atoms with Gasteiger partial charge in [0.15, 0.2) is 0 Å². The standard InChI is InChI=1S/C68H47N3/c1-4-16-48(17-5-1)52-28-35-59(36-29-52)69(61-39-32-50-20-10-12-22-54(50)42-61)63-44-57(56-34-41-66-65-26-14-15-27-67(65)71(68(66)46-56)58-24-8-3-9-25-58)45-64(47-63)70(62-40-33-51-21-11-13-23-55(51)43-62)60-37-30-53(31-38-60)49-18-6-2-7-19-49/h1-47H. The largest absolute Gasteiger partial charge is 0.310 e. The van der Waals surface area contributed by atoms with Crippen molar-refractivity contribution in [2.45, 2.75) is 0 Å². The number of fused-ring (bicyclic) bond motifs is 5. The number of hydrogen-bond acceptors (Lipinski definition) is 2. The topological polar surface area (TPSA) is 11.4 Å². The summed E-state index contributed by atoms with van der Waals surface area (Å²) in [7, 11) is 0. The number of benzene rings is 12. The smallest absolute Gasteiger partial charge is 0.0547 e. The molecule has 0 N–H and O–H groups in total. The lowest BCUT2D eigenvalue weighted by atomic mass is 9.99. The van der Waals surface area contributed by atoms with Crippen molar-refractivity contribution in [2.75, 3.05) is 9.80 Å². The number of anilines is 6. The zero-order valence-electron chi connectivity index (χ0n) is 39.0. The van der Waals surface area contributed by atoms with Crippen LogP contribution in [0.25, 0.3) is 82.4 Å². The van der Waals surface area contributed by atoms with Gasteiger partial charge in [-0.25, -0.2) is 0 Å². The summed E-state index contributed by atoms with van der Waals surface area (Å²) in [5, 5.41) is 7.22. The molecule has 3 nitrogen and oxygen atoms in total. The molecule has 0 aliphatic carbocycles. The molecular weight excluding hydrogens is 859 g/mol. The van der Waals surface area contributed by atoms with Crippen LogP contribution >= 0.6 is 0 Å². The van der Waals surface area contributed by atoms with Crippen LogP contribution in [0.3, 0.4) is 0 Å². The number of nitrogens with zero attached hydrogens (tertiary/aromatic N) is 3. The Morgan fingerprint density at radius 3 is 1.15 bits per heavy atom. The average Bonchev–Trinajstić information content (AvgIpc) is 3.78. The molecular formula is C68H47N3. The first-order valence-corrected chi connectivity index (χ1v) is 24.3. The summed E-state index contributed by atoms with van der Waals surface area (Å²) in [4.78, 5) is 4.84. The van der Waals surface area contributed by atoms with Gasteiger partial charge in [-0.1, -0.05) is 194 Å². The van der Waals surface area contributed by atoms with Gasteiger partial charge in [0.05, 0.1) is 11.0 Å². The molecule has 13 rings (SSSR count). The third-order valence-electron chi connectivity index (χ3n) is 13.9. The van der Waals surface area contributed by atoms with Crippen LogP contribution in [0.2, 0.25) is 0 Å². The van der Waals surface area contributed by atoms with Gasteiger partial charge in [-0.2, -0.15) is 0 Å². The summed E-state index contributed by atoms with van der Waals surface area (Å²) >= 11 is 0. The van der Waals surface area contributed by atoms with Crippen LogP contribution in [0.15, 0.2) is 285 Å². The van der Waals surface area contributed by atoms with Crippen molar-refractivity contribution >= 4 is 77.5 Å². The lowest BCUT2D eigenvalue weighted by Gasteiger charge is -2.31. The monoisotopic (exact) mass is 905 g/mol. The van der Waals surface area contributed by atoms with Gasteiger partial charge < -0.3 is 14.4 Å². The molecule has 13 aromatic rings. The van der Waals surface area contributed by atoms with Crippen molar-refractivity contribution < 1.29 is 0 Å². The Hall–Kier alpha value is -9.44. The van der Waals surface area contributed by atoms with Crippen LogP contribution < -0.4 is 9.80 Å². The van der Waals surface area contributed by atoms with E-state index in [1.54, 1.807) is 0 Å². The van der Waals surface area contributed by atoms with Gasteiger partial charge >= 0.3 is 0 Å². The summed E-state index contributed by atoms with van der Waals surface area (Å²) in [6.45, 7) is 0. The van der Waals surface area contributed by atoms with Crippen molar-refractivity contribution in [1.29, 1.82) is 0 Å². The van der Waals surface area contributed by atoms with E-state index in [0.717, 1.165) is 56.5 Å². The fraction of sp³-hybridized carbons (Fsp3) is 0.